The van der Waals surface area contributed by atoms with Crippen molar-refractivity contribution in [2.75, 3.05) is 37.8 Å². The number of aromatic hydroxyl groups is 1. The number of Topliss-reactive ketones (excluding diaryl/α,β-unsaturated/α-hetero) is 1. The first-order valence-corrected chi connectivity index (χ1v) is 10.5. The molecule has 170 valence electrons. The molecule has 2 aromatic carbocycles. The summed E-state index contributed by atoms with van der Waals surface area (Å²) in [4.78, 5) is 27.1. The normalized spacial score (nSPS) is 25.5. The fraction of sp³-hybridized carbons (Fsp3) is 0.417. The number of carboxylic acids is 1. The number of hydrogen-bond acceptors (Lipinski definition) is 7. The van der Waals surface area contributed by atoms with Crippen molar-refractivity contribution in [2.24, 2.45) is 5.89 Å². The van der Waals surface area contributed by atoms with Crippen LogP contribution in [-0.4, -0.2) is 60.5 Å². The Hall–Kier alpha value is -3.26. The third-order valence-corrected chi connectivity index (χ3v) is 5.84. The SMILES string of the molecule is [2H]C1(CC(=O)O)C(=O)c2c(O)cc(N3CCOCC3)cc2OC1(C)COc1ccccc1C. The first-order chi connectivity index (χ1) is 15.6. The number of carboxylic acid groups (broad SMARTS) is 1. The highest BCUT2D eigenvalue weighted by Crippen LogP contribution is 2.45. The van der Waals surface area contributed by atoms with Crippen molar-refractivity contribution in [1.29, 1.82) is 0 Å². The molecular weight excluding hydrogens is 414 g/mol. The van der Waals surface area contributed by atoms with Crippen LogP contribution in [-0.2, 0) is 9.53 Å². The van der Waals surface area contributed by atoms with Gasteiger partial charge >= 0.3 is 5.97 Å². The van der Waals surface area contributed by atoms with Crippen molar-refractivity contribution < 1.29 is 35.4 Å². The second-order valence-electron chi connectivity index (χ2n) is 8.20. The highest BCUT2D eigenvalue weighted by molar-refractivity contribution is 6.06. The van der Waals surface area contributed by atoms with Crippen LogP contribution in [0.3, 0.4) is 0 Å². The molecule has 2 aliphatic rings. The molecule has 2 aliphatic heterocycles. The van der Waals surface area contributed by atoms with Crippen molar-refractivity contribution in [3.63, 3.8) is 0 Å². The van der Waals surface area contributed by atoms with Crippen LogP contribution >= 0.6 is 0 Å². The zero-order chi connectivity index (χ0) is 23.8. The maximum atomic E-state index is 13.5. The van der Waals surface area contributed by atoms with Gasteiger partial charge in [-0.3, -0.25) is 9.59 Å². The Bertz CT molecular complexity index is 1080. The van der Waals surface area contributed by atoms with E-state index in [-0.39, 0.29) is 23.7 Å². The van der Waals surface area contributed by atoms with E-state index >= 15 is 0 Å². The van der Waals surface area contributed by atoms with E-state index in [4.69, 9.17) is 15.6 Å². The third kappa shape index (κ3) is 4.23. The standard InChI is InChI=1S/C24H27NO7/c1-15-5-3-4-6-19(15)31-14-24(2)17(13-21(27)28)23(29)22-18(26)11-16(12-20(22)32-24)25-7-9-30-10-8-25/h3-6,11-12,17,26H,7-10,13-14H2,1-2H3,(H,27,28)/i17D. The number of carbonyl (C=O) groups is 2. The number of rotatable bonds is 6. The fourth-order valence-electron chi connectivity index (χ4n) is 4.06. The molecule has 4 rings (SSSR count). The van der Waals surface area contributed by atoms with E-state index in [0.29, 0.717) is 37.7 Å². The number of anilines is 1. The van der Waals surface area contributed by atoms with Crippen LogP contribution in [0.4, 0.5) is 5.69 Å². The molecule has 2 unspecified atom stereocenters. The number of phenolic OH excluding ortho intramolecular Hbond substituents is 1. The first kappa shape index (κ1) is 20.6. The summed E-state index contributed by atoms with van der Waals surface area (Å²) >= 11 is 0. The Kier molecular flexibility index (Phi) is 5.61. The van der Waals surface area contributed by atoms with Gasteiger partial charge in [-0.2, -0.15) is 0 Å². The van der Waals surface area contributed by atoms with E-state index in [0.717, 1.165) is 5.56 Å². The average molecular weight is 442 g/mol. The van der Waals surface area contributed by atoms with Gasteiger partial charge in [-0.1, -0.05) is 18.2 Å². The zero-order valence-electron chi connectivity index (χ0n) is 19.1. The molecule has 2 N–H and O–H groups in total. The summed E-state index contributed by atoms with van der Waals surface area (Å²) in [6.07, 6.45) is -0.802. The molecular formula is C24H27NO7. The molecule has 0 saturated carbocycles. The first-order valence-electron chi connectivity index (χ1n) is 11.0. The van der Waals surface area contributed by atoms with Gasteiger partial charge < -0.3 is 29.3 Å². The molecule has 0 radical (unpaired) electrons. The lowest BCUT2D eigenvalue weighted by molar-refractivity contribution is -0.140. The number of aliphatic carboxylic acids is 1. The van der Waals surface area contributed by atoms with Gasteiger partial charge in [0.25, 0.3) is 0 Å². The van der Waals surface area contributed by atoms with E-state index in [9.17, 15) is 19.8 Å². The fourth-order valence-corrected chi connectivity index (χ4v) is 4.06. The molecule has 2 aromatic rings. The number of carbonyl (C=O) groups excluding carboxylic acids is 1. The lowest BCUT2D eigenvalue weighted by atomic mass is 9.78. The minimum absolute atomic E-state index is 0.102. The number of nitrogens with zero attached hydrogens (tertiary/aromatic N) is 1. The van der Waals surface area contributed by atoms with Crippen LogP contribution in [0.2, 0.25) is 0 Å². The van der Waals surface area contributed by atoms with Gasteiger partial charge in [-0.05, 0) is 25.5 Å². The largest absolute Gasteiger partial charge is 0.507 e. The lowest BCUT2D eigenvalue weighted by Crippen LogP contribution is -2.53. The highest BCUT2D eigenvalue weighted by atomic mass is 16.5. The van der Waals surface area contributed by atoms with Gasteiger partial charge in [0.05, 0.1) is 25.5 Å². The lowest BCUT2D eigenvalue weighted by Gasteiger charge is -2.41. The zero-order valence-corrected chi connectivity index (χ0v) is 18.1. The molecule has 8 nitrogen and oxygen atoms in total. The van der Waals surface area contributed by atoms with Gasteiger partial charge in [0.2, 0.25) is 0 Å². The number of morpholine rings is 1. The van der Waals surface area contributed by atoms with Gasteiger partial charge in [-0.15, -0.1) is 0 Å². The summed E-state index contributed by atoms with van der Waals surface area (Å²) in [5.41, 5.74) is -0.310. The summed E-state index contributed by atoms with van der Waals surface area (Å²) in [7, 11) is 0. The van der Waals surface area contributed by atoms with Gasteiger partial charge in [0, 0.05) is 32.3 Å². The maximum absolute atomic E-state index is 13.5. The summed E-state index contributed by atoms with van der Waals surface area (Å²) in [5, 5.41) is 20.2. The van der Waals surface area contributed by atoms with Crippen LogP contribution in [0.15, 0.2) is 36.4 Å². The Morgan fingerprint density at radius 2 is 2.03 bits per heavy atom. The smallest absolute Gasteiger partial charge is 0.304 e. The number of para-hydroxylation sites is 1. The van der Waals surface area contributed by atoms with Crippen LogP contribution in [0.5, 0.6) is 17.2 Å². The molecule has 1 fully saturated rings. The molecule has 1 saturated heterocycles. The predicted octanol–water partition coefficient (Wildman–Crippen LogP) is 3.04. The van der Waals surface area contributed by atoms with E-state index in [1.165, 1.54) is 13.0 Å². The third-order valence-electron chi connectivity index (χ3n) is 5.84. The Morgan fingerprint density at radius 1 is 1.31 bits per heavy atom. The molecule has 0 aromatic heterocycles. The van der Waals surface area contributed by atoms with E-state index < -0.39 is 29.7 Å². The summed E-state index contributed by atoms with van der Waals surface area (Å²) < 4.78 is 26.4. The topological polar surface area (TPSA) is 106 Å². The molecule has 32 heavy (non-hydrogen) atoms. The van der Waals surface area contributed by atoms with Gasteiger partial charge in [0.1, 0.15) is 29.4 Å². The Morgan fingerprint density at radius 3 is 2.72 bits per heavy atom. The number of aryl methyl sites for hydroxylation is 1. The number of ether oxygens (including phenoxy) is 3. The molecule has 0 amide bonds. The molecule has 0 bridgehead atoms. The minimum Gasteiger partial charge on any atom is -0.507 e. The molecule has 0 aliphatic carbocycles. The van der Waals surface area contributed by atoms with E-state index in [1.54, 1.807) is 18.2 Å². The van der Waals surface area contributed by atoms with E-state index in [2.05, 4.69) is 0 Å². The van der Waals surface area contributed by atoms with E-state index in [1.807, 2.05) is 24.0 Å². The van der Waals surface area contributed by atoms with Crippen LogP contribution in [0, 0.1) is 12.8 Å². The maximum Gasteiger partial charge on any atom is 0.304 e. The number of phenols is 1. The summed E-state index contributed by atoms with van der Waals surface area (Å²) in [6, 6.07) is 10.4. The predicted molar refractivity (Wildman–Crippen MR) is 117 cm³/mol. The van der Waals surface area contributed by atoms with Crippen molar-refractivity contribution in [3.8, 4) is 17.2 Å². The second kappa shape index (κ2) is 8.70. The summed E-state index contributed by atoms with van der Waals surface area (Å²) in [5.74, 6) is -4.05. The van der Waals surface area contributed by atoms with Crippen molar-refractivity contribution >= 4 is 17.4 Å². The van der Waals surface area contributed by atoms with Crippen LogP contribution < -0.4 is 14.4 Å². The number of benzene rings is 2. The van der Waals surface area contributed by atoms with Gasteiger partial charge in [0.15, 0.2) is 11.4 Å². The van der Waals surface area contributed by atoms with Crippen molar-refractivity contribution in [1.82, 2.24) is 0 Å². The molecule has 8 heteroatoms. The monoisotopic (exact) mass is 442 g/mol. The molecule has 2 heterocycles. The van der Waals surface area contributed by atoms with Crippen LogP contribution in [0.1, 0.15) is 30.6 Å². The number of ketones is 1. The Labute approximate surface area is 187 Å². The Balaban J connectivity index is 1.75. The van der Waals surface area contributed by atoms with Crippen LogP contribution in [0.25, 0.3) is 0 Å². The molecule has 0 spiro atoms. The second-order valence-corrected chi connectivity index (χ2v) is 8.20. The quantitative estimate of drug-likeness (QED) is 0.703. The average Bonchev–Trinajstić information content (AvgIpc) is 2.77. The molecule has 2 atom stereocenters. The minimum atomic E-state index is -2.22. The van der Waals surface area contributed by atoms with Crippen molar-refractivity contribution in [3.05, 3.63) is 47.5 Å². The highest BCUT2D eigenvalue weighted by Gasteiger charge is 2.49. The number of hydrogen-bond donors (Lipinski definition) is 2. The van der Waals surface area contributed by atoms with Gasteiger partial charge in [-0.25, -0.2) is 0 Å². The summed E-state index contributed by atoms with van der Waals surface area (Å²) in [6.45, 7) is 5.42. The van der Waals surface area contributed by atoms with Crippen molar-refractivity contribution in [2.45, 2.75) is 25.9 Å². The number of fused-ring (bicyclic) bond motifs is 1.